The van der Waals surface area contributed by atoms with Gasteiger partial charge < -0.3 is 9.13 Å². The number of fused-ring (bicyclic) bond motifs is 14. The minimum absolute atomic E-state index is 0.528. The second kappa shape index (κ2) is 35.8. The Balaban J connectivity index is 0.000000146. The van der Waals surface area contributed by atoms with Crippen molar-refractivity contribution in [1.29, 1.82) is 0 Å². The summed E-state index contributed by atoms with van der Waals surface area (Å²) in [7, 11) is 0. The van der Waals surface area contributed by atoms with Crippen LogP contribution in [0.25, 0.3) is 256 Å². The molecule has 0 aliphatic rings. The summed E-state index contributed by atoms with van der Waals surface area (Å²) in [5, 5.41) is 9.04. The smallest absolute Gasteiger partial charge is 0.238 e. The molecule has 0 atom stereocenters. The van der Waals surface area contributed by atoms with Gasteiger partial charge in [0.15, 0.2) is 23.3 Å². The second-order valence-electron chi connectivity index (χ2n) is 36.0. The molecule has 0 amide bonds. The molecule has 27 rings (SSSR count). The molecule has 21 aromatic carbocycles. The van der Waals surface area contributed by atoms with E-state index in [0.29, 0.717) is 35.2 Å². The standard InChI is InChI=1S/C69H45N5.C63H41N5/c1-6-22-46(23-7-1)48-40-42-49(43-41-48)53-31-21-33-55(45-53)68-70-67(51-28-12-4-13-29-51)71-69(72-68)74-60-39-19-17-37-58(60)64-62(54-32-20-30-52(44-54)47-24-8-2-9-25-47)61(50-26-10-3-11-27-50)63-57-36-16-18-38-59(57)73(65(63)66(64)74)56-34-14-5-15-35-56;1-6-17-42(18-7-1)45-29-31-46(32-30-45)48-25-16-26-51(39-48)62-64-61(47-23-12-4-13-24-47)65-63(66-62)68-58-38-34-50(44-21-10-3-11-22-44)41-56(58)54-36-35-53-55-40-49(43-19-8-2-9-20-43)33-37-57(55)67(59(53)60(54)68)52-27-14-5-15-28-52/h1-45H;1-41H. The lowest BCUT2D eigenvalue weighted by Gasteiger charge is -2.19. The van der Waals surface area contributed by atoms with Gasteiger partial charge in [0.2, 0.25) is 11.9 Å². The fourth-order valence-electron chi connectivity index (χ4n) is 20.9. The zero-order valence-electron chi connectivity index (χ0n) is 77.1. The quantitative estimate of drug-likeness (QED) is 0.0901. The van der Waals surface area contributed by atoms with E-state index in [-0.39, 0.29) is 0 Å². The van der Waals surface area contributed by atoms with Crippen LogP contribution in [0.5, 0.6) is 0 Å². The molecular weight excluding hydrogens is 1730 g/mol. The van der Waals surface area contributed by atoms with Crippen molar-refractivity contribution in [2.75, 3.05) is 0 Å². The molecule has 27 aromatic rings. The Morgan fingerprint density at radius 1 is 0.127 bits per heavy atom. The van der Waals surface area contributed by atoms with Crippen LogP contribution in [0.2, 0.25) is 0 Å². The van der Waals surface area contributed by atoms with Crippen molar-refractivity contribution in [3.05, 3.63) is 522 Å². The number of para-hydroxylation sites is 4. The lowest BCUT2D eigenvalue weighted by molar-refractivity contribution is 0.953. The van der Waals surface area contributed by atoms with Crippen LogP contribution in [0.1, 0.15) is 0 Å². The van der Waals surface area contributed by atoms with Crippen LogP contribution < -0.4 is 0 Å². The molecule has 0 aliphatic carbocycles. The van der Waals surface area contributed by atoms with Gasteiger partial charge in [-0.2, -0.15) is 19.9 Å². The Labute approximate surface area is 820 Å². The number of benzene rings is 21. The molecular formula is C132H86N10. The molecule has 0 bridgehead atoms. The second-order valence-corrected chi connectivity index (χ2v) is 36.0. The number of hydrogen-bond acceptors (Lipinski definition) is 6. The highest BCUT2D eigenvalue weighted by molar-refractivity contribution is 6.34. The topological polar surface area (TPSA) is 97.1 Å². The average Bonchev–Trinajstić information content (AvgIpc) is 1.51. The molecule has 664 valence electrons. The third-order valence-corrected chi connectivity index (χ3v) is 27.5. The lowest BCUT2D eigenvalue weighted by atomic mass is 9.86. The largest absolute Gasteiger partial charge is 0.307 e. The maximum absolute atomic E-state index is 5.59. The highest BCUT2D eigenvalue weighted by atomic mass is 15.2. The van der Waals surface area contributed by atoms with Crippen molar-refractivity contribution in [2.24, 2.45) is 0 Å². The zero-order valence-corrected chi connectivity index (χ0v) is 77.1. The molecule has 0 spiro atoms. The van der Waals surface area contributed by atoms with Crippen LogP contribution >= 0.6 is 0 Å². The first-order valence-electron chi connectivity index (χ1n) is 48.1. The molecule has 0 N–H and O–H groups in total. The van der Waals surface area contributed by atoms with Crippen LogP contribution in [-0.2, 0) is 0 Å². The summed E-state index contributed by atoms with van der Waals surface area (Å²) in [6.45, 7) is 0. The van der Waals surface area contributed by atoms with E-state index in [2.05, 4.69) is 504 Å². The van der Waals surface area contributed by atoms with E-state index >= 15 is 0 Å². The third kappa shape index (κ3) is 15.0. The maximum Gasteiger partial charge on any atom is 0.238 e. The van der Waals surface area contributed by atoms with Gasteiger partial charge in [0.1, 0.15) is 0 Å². The normalized spacial score (nSPS) is 11.5. The SMILES string of the molecule is c1ccc(-c2ccc(-c3cccc(-c4nc(-c5ccccc5)nc(-n5c6ccc(-c7ccccc7)cc6c6ccc7c8cc(-c9ccccc9)ccc8n(-c8ccccc8)c7c65)n4)c3)cc2)cc1.c1ccc(-c2ccc(-c3cccc(-c4nc(-c5ccccc5)nc(-n5c6ccccc6c6c(-c7cccc(-c8ccccc8)c7)c(-c7ccccc7)c7c8ccccc8n(-c8ccccc8)c7c65)n4)c3)cc2)cc1. The Bertz CT molecular complexity index is 9450. The van der Waals surface area contributed by atoms with Crippen molar-refractivity contribution in [1.82, 2.24) is 48.2 Å². The van der Waals surface area contributed by atoms with Gasteiger partial charge in [0, 0.05) is 87.8 Å². The summed E-state index contributed by atoms with van der Waals surface area (Å²) in [6.07, 6.45) is 0. The minimum atomic E-state index is 0.528. The van der Waals surface area contributed by atoms with Crippen LogP contribution in [0.3, 0.4) is 0 Å². The van der Waals surface area contributed by atoms with Crippen molar-refractivity contribution < 1.29 is 0 Å². The maximum atomic E-state index is 5.59. The fourth-order valence-corrected chi connectivity index (χ4v) is 20.9. The summed E-state index contributed by atoms with van der Waals surface area (Å²) >= 11 is 0. The number of aromatic nitrogens is 10. The van der Waals surface area contributed by atoms with Crippen LogP contribution in [0, 0.1) is 0 Å². The van der Waals surface area contributed by atoms with E-state index in [1.54, 1.807) is 0 Å². The van der Waals surface area contributed by atoms with Crippen molar-refractivity contribution in [2.45, 2.75) is 0 Å². The first-order valence-corrected chi connectivity index (χ1v) is 48.1. The Kier molecular flexibility index (Phi) is 21.1. The van der Waals surface area contributed by atoms with Gasteiger partial charge in [-0.05, 0) is 168 Å². The molecule has 0 saturated carbocycles. The van der Waals surface area contributed by atoms with Crippen molar-refractivity contribution in [3.8, 4) is 169 Å². The van der Waals surface area contributed by atoms with E-state index in [1.165, 1.54) is 44.3 Å². The molecule has 10 heteroatoms. The number of nitrogens with zero attached hydrogens (tertiary/aromatic N) is 10. The molecule has 0 fully saturated rings. The Hall–Kier alpha value is -19.2. The zero-order chi connectivity index (χ0) is 93.9. The summed E-state index contributed by atoms with van der Waals surface area (Å²) in [5.74, 6) is 3.43. The molecule has 6 heterocycles. The van der Waals surface area contributed by atoms with E-state index < -0.39 is 0 Å². The molecule has 0 saturated heterocycles. The average molecular weight is 1810 g/mol. The Morgan fingerprint density at radius 2 is 0.359 bits per heavy atom. The number of hydrogen-bond donors (Lipinski definition) is 0. The molecule has 0 aliphatic heterocycles. The molecule has 0 unspecified atom stereocenters. The first kappa shape index (κ1) is 83.4. The molecule has 142 heavy (non-hydrogen) atoms. The van der Waals surface area contributed by atoms with Gasteiger partial charge in [0.25, 0.3) is 0 Å². The summed E-state index contributed by atoms with van der Waals surface area (Å²) < 4.78 is 9.46. The van der Waals surface area contributed by atoms with Gasteiger partial charge in [-0.15, -0.1) is 0 Å². The molecule has 0 radical (unpaired) electrons. The van der Waals surface area contributed by atoms with Crippen molar-refractivity contribution >= 4 is 87.2 Å². The highest BCUT2D eigenvalue weighted by Crippen LogP contribution is 2.54. The van der Waals surface area contributed by atoms with Crippen LogP contribution in [0.15, 0.2) is 522 Å². The van der Waals surface area contributed by atoms with E-state index in [4.69, 9.17) is 29.9 Å². The predicted molar refractivity (Wildman–Crippen MR) is 588 cm³/mol. The minimum Gasteiger partial charge on any atom is -0.307 e. The first-order chi connectivity index (χ1) is 70.4. The van der Waals surface area contributed by atoms with Gasteiger partial charge in [-0.1, -0.05) is 443 Å². The Morgan fingerprint density at radius 3 is 0.754 bits per heavy atom. The highest BCUT2D eigenvalue weighted by Gasteiger charge is 2.32. The van der Waals surface area contributed by atoms with Crippen LogP contribution in [-0.4, -0.2) is 48.2 Å². The van der Waals surface area contributed by atoms with Gasteiger partial charge in [-0.25, -0.2) is 9.97 Å². The lowest BCUT2D eigenvalue weighted by Crippen LogP contribution is -2.07. The van der Waals surface area contributed by atoms with Gasteiger partial charge in [0.05, 0.1) is 44.1 Å². The van der Waals surface area contributed by atoms with Gasteiger partial charge >= 0.3 is 0 Å². The predicted octanol–water partition coefficient (Wildman–Crippen LogP) is 33.8. The third-order valence-electron chi connectivity index (χ3n) is 27.5. The van der Waals surface area contributed by atoms with E-state index in [9.17, 15) is 0 Å². The molecule has 10 nitrogen and oxygen atoms in total. The van der Waals surface area contributed by atoms with E-state index in [0.717, 1.165) is 177 Å². The summed E-state index contributed by atoms with van der Waals surface area (Å²) in [6, 6.07) is 185. The summed E-state index contributed by atoms with van der Waals surface area (Å²) in [4.78, 5) is 32.6. The number of rotatable bonds is 17. The van der Waals surface area contributed by atoms with Gasteiger partial charge in [-0.3, -0.25) is 9.13 Å². The summed E-state index contributed by atoms with van der Waals surface area (Å²) in [5.41, 5.74) is 34.8. The van der Waals surface area contributed by atoms with E-state index in [1.807, 2.05) is 36.4 Å². The fraction of sp³-hybridized carbons (Fsp3) is 0. The molecule has 6 aromatic heterocycles. The monoisotopic (exact) mass is 1810 g/mol. The van der Waals surface area contributed by atoms with Crippen molar-refractivity contribution in [3.63, 3.8) is 0 Å². The van der Waals surface area contributed by atoms with Crippen LogP contribution in [0.4, 0.5) is 0 Å².